The molecule has 0 amide bonds. The van der Waals surface area contributed by atoms with Gasteiger partial charge in [-0.3, -0.25) is 0 Å². The second-order valence-corrected chi connectivity index (χ2v) is 7.15. The number of piperidine rings is 1. The van der Waals surface area contributed by atoms with Crippen LogP contribution in [0, 0.1) is 6.92 Å². The third kappa shape index (κ3) is 4.99. The molecule has 3 rings (SSSR count). The van der Waals surface area contributed by atoms with Gasteiger partial charge < -0.3 is 19.8 Å². The van der Waals surface area contributed by atoms with E-state index in [2.05, 4.69) is 20.4 Å². The molecule has 0 aromatic carbocycles. The van der Waals surface area contributed by atoms with Crippen LogP contribution in [0.5, 0.6) is 0 Å². The number of hydrogen-bond donors (Lipinski definition) is 2. The summed E-state index contributed by atoms with van der Waals surface area (Å²) in [6, 6.07) is 0.506. The molecule has 2 heterocycles. The maximum Gasteiger partial charge on any atom is 0.229 e. The van der Waals surface area contributed by atoms with Gasteiger partial charge in [0.05, 0.1) is 6.10 Å². The number of aliphatic hydroxyl groups is 1. The molecule has 130 valence electrons. The second kappa shape index (κ2) is 8.22. The van der Waals surface area contributed by atoms with Crippen molar-refractivity contribution in [1.82, 2.24) is 20.4 Å². The van der Waals surface area contributed by atoms with Gasteiger partial charge in [0.2, 0.25) is 5.89 Å². The molecule has 1 aromatic heterocycles. The number of β-amino-alcohol motifs (C(OH)–C–C–N with tert-alkyl or cyclic N) is 1. The first-order valence-corrected chi connectivity index (χ1v) is 9.14. The second-order valence-electron chi connectivity index (χ2n) is 7.15. The van der Waals surface area contributed by atoms with Gasteiger partial charge in [-0.1, -0.05) is 11.6 Å². The molecule has 2 N–H and O–H groups in total. The van der Waals surface area contributed by atoms with E-state index in [0.717, 1.165) is 57.0 Å². The minimum Gasteiger partial charge on any atom is -0.390 e. The summed E-state index contributed by atoms with van der Waals surface area (Å²) in [4.78, 5) is 6.75. The van der Waals surface area contributed by atoms with Crippen LogP contribution in [-0.4, -0.2) is 58.5 Å². The maximum absolute atomic E-state index is 10.2. The standard InChI is InChI=1S/C17H30N4O2/c1-13-19-17(23-20-13)14-5-7-15(8-6-14)18-11-16(22)12-21-9-3-2-4-10-21/h14-16,18,22H,2-12H2,1H3. The maximum atomic E-state index is 10.2. The molecule has 23 heavy (non-hydrogen) atoms. The van der Waals surface area contributed by atoms with Crippen molar-refractivity contribution in [2.45, 2.75) is 69.9 Å². The monoisotopic (exact) mass is 322 g/mol. The summed E-state index contributed by atoms with van der Waals surface area (Å²) >= 11 is 0. The molecule has 6 nitrogen and oxygen atoms in total. The summed E-state index contributed by atoms with van der Waals surface area (Å²) in [6.07, 6.45) is 8.03. The van der Waals surface area contributed by atoms with Crippen molar-refractivity contribution < 1.29 is 9.63 Å². The Morgan fingerprint density at radius 2 is 1.96 bits per heavy atom. The van der Waals surface area contributed by atoms with E-state index in [0.29, 0.717) is 18.5 Å². The fraction of sp³-hybridized carbons (Fsp3) is 0.882. The Bertz CT molecular complexity index is 465. The normalized spacial score (nSPS) is 27.9. The zero-order chi connectivity index (χ0) is 16.1. The first kappa shape index (κ1) is 16.9. The van der Waals surface area contributed by atoms with E-state index in [9.17, 15) is 5.11 Å². The molecular weight excluding hydrogens is 292 g/mol. The molecule has 1 unspecified atom stereocenters. The van der Waals surface area contributed by atoms with Crippen molar-refractivity contribution in [2.24, 2.45) is 0 Å². The summed E-state index contributed by atoms with van der Waals surface area (Å²) < 4.78 is 5.29. The SMILES string of the molecule is Cc1noc(C2CCC(NCC(O)CN3CCCCC3)CC2)n1. The lowest BCUT2D eigenvalue weighted by molar-refractivity contribution is 0.0959. The van der Waals surface area contributed by atoms with Gasteiger partial charge in [-0.2, -0.15) is 4.98 Å². The van der Waals surface area contributed by atoms with Gasteiger partial charge in [0.1, 0.15) is 0 Å². The van der Waals surface area contributed by atoms with E-state index in [1.807, 2.05) is 6.92 Å². The lowest BCUT2D eigenvalue weighted by Crippen LogP contribution is -2.43. The molecule has 1 saturated heterocycles. The first-order chi connectivity index (χ1) is 11.2. The van der Waals surface area contributed by atoms with Crippen molar-refractivity contribution in [3.05, 3.63) is 11.7 Å². The van der Waals surface area contributed by atoms with Gasteiger partial charge in [0.25, 0.3) is 0 Å². The van der Waals surface area contributed by atoms with Gasteiger partial charge >= 0.3 is 0 Å². The van der Waals surface area contributed by atoms with E-state index in [4.69, 9.17) is 4.52 Å². The van der Waals surface area contributed by atoms with Crippen LogP contribution in [0.15, 0.2) is 4.52 Å². The molecule has 1 aliphatic heterocycles. The van der Waals surface area contributed by atoms with Crippen molar-refractivity contribution >= 4 is 0 Å². The summed E-state index contributed by atoms with van der Waals surface area (Å²) in [5.74, 6) is 1.93. The molecular formula is C17H30N4O2. The van der Waals surface area contributed by atoms with E-state index in [1.54, 1.807) is 0 Å². The Morgan fingerprint density at radius 1 is 1.22 bits per heavy atom. The van der Waals surface area contributed by atoms with E-state index < -0.39 is 0 Å². The molecule has 0 radical (unpaired) electrons. The Labute approximate surface area is 138 Å². The highest BCUT2D eigenvalue weighted by atomic mass is 16.5. The summed E-state index contributed by atoms with van der Waals surface area (Å²) in [5, 5.41) is 17.7. The van der Waals surface area contributed by atoms with Crippen LogP contribution in [0.4, 0.5) is 0 Å². The summed E-state index contributed by atoms with van der Waals surface area (Å²) in [6.45, 7) is 5.66. The van der Waals surface area contributed by atoms with E-state index in [-0.39, 0.29) is 6.10 Å². The van der Waals surface area contributed by atoms with Gasteiger partial charge in [-0.05, 0) is 58.5 Å². The van der Waals surface area contributed by atoms with E-state index in [1.165, 1.54) is 19.3 Å². The Hall–Kier alpha value is -0.980. The molecule has 2 aliphatic rings. The van der Waals surface area contributed by atoms with Crippen LogP contribution < -0.4 is 5.32 Å². The van der Waals surface area contributed by atoms with Gasteiger partial charge in [0.15, 0.2) is 5.82 Å². The number of hydrogen-bond acceptors (Lipinski definition) is 6. The highest BCUT2D eigenvalue weighted by Gasteiger charge is 2.26. The van der Waals surface area contributed by atoms with Crippen LogP contribution in [0.25, 0.3) is 0 Å². The number of aryl methyl sites for hydroxylation is 1. The van der Waals surface area contributed by atoms with Gasteiger partial charge in [0, 0.05) is 25.0 Å². The molecule has 1 saturated carbocycles. The smallest absolute Gasteiger partial charge is 0.229 e. The highest BCUT2D eigenvalue weighted by molar-refractivity contribution is 4.96. The Kier molecular flexibility index (Phi) is 6.02. The predicted molar refractivity (Wildman–Crippen MR) is 88.3 cm³/mol. The zero-order valence-corrected chi connectivity index (χ0v) is 14.2. The molecule has 2 fully saturated rings. The van der Waals surface area contributed by atoms with Gasteiger partial charge in [-0.15, -0.1) is 0 Å². The number of aliphatic hydroxyl groups excluding tert-OH is 1. The summed E-state index contributed by atoms with van der Waals surface area (Å²) in [7, 11) is 0. The molecule has 0 spiro atoms. The van der Waals surface area contributed by atoms with Crippen molar-refractivity contribution in [3.8, 4) is 0 Å². The third-order valence-corrected chi connectivity index (χ3v) is 5.18. The minimum absolute atomic E-state index is 0.260. The van der Waals surface area contributed by atoms with Crippen molar-refractivity contribution in [3.63, 3.8) is 0 Å². The van der Waals surface area contributed by atoms with Crippen molar-refractivity contribution in [1.29, 1.82) is 0 Å². The topological polar surface area (TPSA) is 74.4 Å². The Balaban J connectivity index is 1.34. The lowest BCUT2D eigenvalue weighted by Gasteiger charge is -2.31. The zero-order valence-electron chi connectivity index (χ0n) is 14.2. The average Bonchev–Trinajstić information content (AvgIpc) is 3.01. The fourth-order valence-electron chi connectivity index (χ4n) is 3.83. The van der Waals surface area contributed by atoms with Crippen LogP contribution in [0.1, 0.15) is 62.6 Å². The summed E-state index contributed by atoms with van der Waals surface area (Å²) in [5.41, 5.74) is 0. The van der Waals surface area contributed by atoms with E-state index >= 15 is 0 Å². The largest absolute Gasteiger partial charge is 0.390 e. The van der Waals surface area contributed by atoms with Crippen LogP contribution >= 0.6 is 0 Å². The Morgan fingerprint density at radius 3 is 2.61 bits per heavy atom. The number of aromatic nitrogens is 2. The number of likely N-dealkylation sites (tertiary alicyclic amines) is 1. The lowest BCUT2D eigenvalue weighted by atomic mass is 9.86. The number of nitrogens with zero attached hydrogens (tertiary/aromatic N) is 3. The van der Waals surface area contributed by atoms with Gasteiger partial charge in [-0.25, -0.2) is 0 Å². The van der Waals surface area contributed by atoms with Crippen LogP contribution in [0.2, 0.25) is 0 Å². The third-order valence-electron chi connectivity index (χ3n) is 5.18. The molecule has 1 aromatic rings. The number of rotatable bonds is 6. The average molecular weight is 322 g/mol. The van der Waals surface area contributed by atoms with Crippen LogP contribution in [0.3, 0.4) is 0 Å². The fourth-order valence-corrected chi connectivity index (χ4v) is 3.83. The van der Waals surface area contributed by atoms with Crippen LogP contribution in [-0.2, 0) is 0 Å². The quantitative estimate of drug-likeness (QED) is 0.832. The molecule has 1 atom stereocenters. The minimum atomic E-state index is -0.260. The van der Waals surface area contributed by atoms with Crippen molar-refractivity contribution in [2.75, 3.05) is 26.2 Å². The molecule has 6 heteroatoms. The molecule has 0 bridgehead atoms. The highest BCUT2D eigenvalue weighted by Crippen LogP contribution is 2.31. The first-order valence-electron chi connectivity index (χ1n) is 9.14. The predicted octanol–water partition coefficient (Wildman–Crippen LogP) is 1.84. The number of nitrogens with one attached hydrogen (secondary N) is 1. The molecule has 1 aliphatic carbocycles.